The minimum atomic E-state index is -0.271. The molecule has 0 aromatic carbocycles. The Balaban J connectivity index is 3.01. The van der Waals surface area contributed by atoms with Crippen LogP contribution in [0.5, 0.6) is 0 Å². The number of aliphatic imine (C=N–C) groups is 2. The fourth-order valence-electron chi connectivity index (χ4n) is 2.53. The van der Waals surface area contributed by atoms with Gasteiger partial charge >= 0.3 is 0 Å². The summed E-state index contributed by atoms with van der Waals surface area (Å²) in [6.07, 6.45) is 5.01. The Morgan fingerprint density at radius 2 is 1.73 bits per heavy atom. The van der Waals surface area contributed by atoms with E-state index in [0.29, 0.717) is 5.92 Å². The Morgan fingerprint density at radius 3 is 2.27 bits per heavy atom. The fraction of sp³-hybridized carbons (Fsp3) is 0.818. The molecule has 0 bridgehead atoms. The van der Waals surface area contributed by atoms with E-state index in [2.05, 4.69) is 16.9 Å². The van der Waals surface area contributed by atoms with Crippen LogP contribution in [0.1, 0.15) is 33.6 Å². The van der Waals surface area contributed by atoms with Crippen LogP contribution in [-0.4, -0.2) is 24.2 Å². The monoisotopic (exact) mass is 208 g/mol. The SMILES string of the molecule is CC1CCC(N=C=O)C(C)(C)C1N=C=O. The molecule has 0 aromatic heterocycles. The van der Waals surface area contributed by atoms with E-state index in [-0.39, 0.29) is 17.5 Å². The van der Waals surface area contributed by atoms with Crippen molar-refractivity contribution in [3.8, 4) is 0 Å². The van der Waals surface area contributed by atoms with Gasteiger partial charge in [0.15, 0.2) is 0 Å². The lowest BCUT2D eigenvalue weighted by atomic mass is 9.66. The number of carbonyl (C=O) groups excluding carboxylic acids is 2. The zero-order valence-electron chi connectivity index (χ0n) is 9.36. The van der Waals surface area contributed by atoms with Crippen molar-refractivity contribution in [2.75, 3.05) is 0 Å². The van der Waals surface area contributed by atoms with Crippen molar-refractivity contribution in [1.82, 2.24) is 0 Å². The molecule has 0 heterocycles. The molecular weight excluding hydrogens is 192 g/mol. The highest BCUT2D eigenvalue weighted by Crippen LogP contribution is 2.42. The Labute approximate surface area is 89.5 Å². The Morgan fingerprint density at radius 1 is 1.13 bits per heavy atom. The number of isocyanates is 2. The van der Waals surface area contributed by atoms with E-state index >= 15 is 0 Å². The zero-order chi connectivity index (χ0) is 11.5. The molecule has 1 rings (SSSR count). The maximum atomic E-state index is 10.4. The molecule has 1 saturated carbocycles. The highest BCUT2D eigenvalue weighted by molar-refractivity contribution is 5.36. The van der Waals surface area contributed by atoms with Gasteiger partial charge in [0.25, 0.3) is 0 Å². The van der Waals surface area contributed by atoms with Crippen LogP contribution >= 0.6 is 0 Å². The molecule has 0 amide bonds. The van der Waals surface area contributed by atoms with Crippen LogP contribution in [0.3, 0.4) is 0 Å². The third-order valence-electron chi connectivity index (χ3n) is 3.46. The lowest BCUT2D eigenvalue weighted by Gasteiger charge is -2.43. The normalized spacial score (nSPS) is 33.7. The molecule has 0 spiro atoms. The first-order chi connectivity index (χ1) is 7.04. The maximum absolute atomic E-state index is 10.4. The van der Waals surface area contributed by atoms with Crippen LogP contribution in [0.2, 0.25) is 0 Å². The van der Waals surface area contributed by atoms with Crippen LogP contribution in [-0.2, 0) is 9.59 Å². The number of hydrogen-bond acceptors (Lipinski definition) is 4. The van der Waals surface area contributed by atoms with Gasteiger partial charge in [-0.15, -0.1) is 0 Å². The second kappa shape index (κ2) is 4.52. The highest BCUT2D eigenvalue weighted by Gasteiger charge is 2.44. The van der Waals surface area contributed by atoms with Crippen molar-refractivity contribution in [2.24, 2.45) is 21.3 Å². The van der Waals surface area contributed by atoms with E-state index in [0.717, 1.165) is 12.8 Å². The molecular formula is C11H16N2O2. The molecule has 0 aromatic rings. The third-order valence-corrected chi connectivity index (χ3v) is 3.46. The van der Waals surface area contributed by atoms with Crippen LogP contribution < -0.4 is 0 Å². The van der Waals surface area contributed by atoms with Gasteiger partial charge in [0, 0.05) is 5.41 Å². The van der Waals surface area contributed by atoms with Gasteiger partial charge in [0.1, 0.15) is 0 Å². The predicted molar refractivity (Wildman–Crippen MR) is 56.0 cm³/mol. The Kier molecular flexibility index (Phi) is 3.57. The average Bonchev–Trinajstić information content (AvgIpc) is 2.17. The predicted octanol–water partition coefficient (Wildman–Crippen LogP) is 1.85. The van der Waals surface area contributed by atoms with E-state index in [9.17, 15) is 9.59 Å². The van der Waals surface area contributed by atoms with Gasteiger partial charge in [-0.25, -0.2) is 19.6 Å². The van der Waals surface area contributed by atoms with Crippen molar-refractivity contribution in [3.63, 3.8) is 0 Å². The highest BCUT2D eigenvalue weighted by atomic mass is 16.1. The van der Waals surface area contributed by atoms with Crippen LogP contribution in [0.25, 0.3) is 0 Å². The van der Waals surface area contributed by atoms with Gasteiger partial charge < -0.3 is 0 Å². The largest absolute Gasteiger partial charge is 0.235 e. The smallest absolute Gasteiger partial charge is 0.211 e. The van der Waals surface area contributed by atoms with Gasteiger partial charge in [-0.2, -0.15) is 0 Å². The molecule has 1 aliphatic carbocycles. The summed E-state index contributed by atoms with van der Waals surface area (Å²) < 4.78 is 0. The summed E-state index contributed by atoms with van der Waals surface area (Å²) in [4.78, 5) is 28.3. The second-order valence-corrected chi connectivity index (χ2v) is 4.78. The van der Waals surface area contributed by atoms with Crippen molar-refractivity contribution in [1.29, 1.82) is 0 Å². The Hall–Kier alpha value is -1.24. The lowest BCUT2D eigenvalue weighted by molar-refractivity contribution is 0.123. The molecule has 3 atom stereocenters. The second-order valence-electron chi connectivity index (χ2n) is 4.78. The van der Waals surface area contributed by atoms with E-state index in [4.69, 9.17) is 0 Å². The molecule has 15 heavy (non-hydrogen) atoms. The maximum Gasteiger partial charge on any atom is 0.235 e. The standard InChI is InChI=1S/C11H16N2O2/c1-8-4-5-9(12-6-14)11(2,3)10(8)13-7-15/h8-10H,4-5H2,1-3H3. The first kappa shape index (κ1) is 11.8. The summed E-state index contributed by atoms with van der Waals surface area (Å²) in [6, 6.07) is -0.195. The summed E-state index contributed by atoms with van der Waals surface area (Å²) in [5, 5.41) is 0. The van der Waals surface area contributed by atoms with E-state index in [1.54, 1.807) is 12.2 Å². The minimum Gasteiger partial charge on any atom is -0.211 e. The van der Waals surface area contributed by atoms with Gasteiger partial charge in [-0.3, -0.25) is 0 Å². The van der Waals surface area contributed by atoms with E-state index in [1.165, 1.54) is 0 Å². The number of hydrogen-bond donors (Lipinski definition) is 0. The van der Waals surface area contributed by atoms with Crippen LogP contribution in [0.15, 0.2) is 9.98 Å². The molecule has 4 nitrogen and oxygen atoms in total. The molecule has 0 N–H and O–H groups in total. The summed E-state index contributed by atoms with van der Waals surface area (Å²) in [6.45, 7) is 6.04. The summed E-state index contributed by atoms with van der Waals surface area (Å²) in [5.41, 5.74) is -0.271. The average molecular weight is 208 g/mol. The molecule has 0 aliphatic heterocycles. The molecule has 4 heteroatoms. The minimum absolute atomic E-state index is 0.0895. The van der Waals surface area contributed by atoms with Crippen molar-refractivity contribution < 1.29 is 9.59 Å². The molecule has 3 unspecified atom stereocenters. The number of nitrogens with zero attached hydrogens (tertiary/aromatic N) is 2. The third kappa shape index (κ3) is 2.23. The molecule has 0 saturated heterocycles. The van der Waals surface area contributed by atoms with E-state index < -0.39 is 0 Å². The van der Waals surface area contributed by atoms with Gasteiger partial charge in [0.05, 0.1) is 12.1 Å². The zero-order valence-corrected chi connectivity index (χ0v) is 9.36. The molecule has 0 radical (unpaired) electrons. The topological polar surface area (TPSA) is 58.9 Å². The van der Waals surface area contributed by atoms with Crippen molar-refractivity contribution in [3.05, 3.63) is 0 Å². The fourth-order valence-corrected chi connectivity index (χ4v) is 2.53. The van der Waals surface area contributed by atoms with Crippen LogP contribution in [0, 0.1) is 11.3 Å². The van der Waals surface area contributed by atoms with Gasteiger partial charge in [0.2, 0.25) is 12.2 Å². The summed E-state index contributed by atoms with van der Waals surface area (Å²) in [7, 11) is 0. The Bertz CT molecular complexity index is 325. The summed E-state index contributed by atoms with van der Waals surface area (Å²) >= 11 is 0. The molecule has 82 valence electrons. The molecule has 1 fully saturated rings. The van der Waals surface area contributed by atoms with Crippen LogP contribution in [0.4, 0.5) is 0 Å². The first-order valence-corrected chi connectivity index (χ1v) is 5.18. The van der Waals surface area contributed by atoms with Crippen molar-refractivity contribution >= 4 is 12.2 Å². The lowest BCUT2D eigenvalue weighted by Crippen LogP contribution is -2.46. The van der Waals surface area contributed by atoms with Crippen molar-refractivity contribution in [2.45, 2.75) is 45.7 Å². The molecule has 1 aliphatic rings. The first-order valence-electron chi connectivity index (χ1n) is 5.18. The quantitative estimate of drug-likeness (QED) is 0.513. The van der Waals surface area contributed by atoms with Gasteiger partial charge in [-0.1, -0.05) is 20.8 Å². The summed E-state index contributed by atoms with van der Waals surface area (Å²) in [5.74, 6) is 0.333. The number of rotatable bonds is 2. The van der Waals surface area contributed by atoms with Gasteiger partial charge in [-0.05, 0) is 18.8 Å². The van der Waals surface area contributed by atoms with E-state index in [1.807, 2.05) is 13.8 Å².